The summed E-state index contributed by atoms with van der Waals surface area (Å²) in [7, 11) is 0. The highest BCUT2D eigenvalue weighted by Gasteiger charge is 2.19. The summed E-state index contributed by atoms with van der Waals surface area (Å²) >= 11 is 6.25. The Morgan fingerprint density at radius 3 is 2.62 bits per heavy atom. The summed E-state index contributed by atoms with van der Waals surface area (Å²) in [6.07, 6.45) is 1.63. The Hall–Kier alpha value is -2.73. The van der Waals surface area contributed by atoms with Crippen LogP contribution in [0, 0.1) is 13.8 Å². The molecule has 0 unspecified atom stereocenters. The van der Waals surface area contributed by atoms with Crippen LogP contribution < -0.4 is 5.32 Å². The smallest absolute Gasteiger partial charge is 0.280 e. The second-order valence-corrected chi connectivity index (χ2v) is 5.90. The molecule has 122 valence electrons. The molecule has 0 fully saturated rings. The summed E-state index contributed by atoms with van der Waals surface area (Å²) in [5.74, 6) is 0.0115. The molecule has 3 aromatic rings. The van der Waals surface area contributed by atoms with Crippen molar-refractivity contribution in [2.45, 2.75) is 20.4 Å². The molecule has 2 aromatic heterocycles. The van der Waals surface area contributed by atoms with Gasteiger partial charge in [0.15, 0.2) is 10.8 Å². The Labute approximate surface area is 144 Å². The molecule has 3 rings (SSSR count). The summed E-state index contributed by atoms with van der Waals surface area (Å²) in [6, 6.07) is 11.6. The summed E-state index contributed by atoms with van der Waals surface area (Å²) in [4.78, 5) is 16.4. The van der Waals surface area contributed by atoms with Gasteiger partial charge < -0.3 is 5.32 Å². The van der Waals surface area contributed by atoms with Crippen LogP contribution in [0.3, 0.4) is 0 Å². The van der Waals surface area contributed by atoms with Crippen molar-refractivity contribution >= 4 is 23.3 Å². The lowest BCUT2D eigenvalue weighted by Crippen LogP contribution is -2.14. The Bertz CT molecular complexity index is 873. The number of halogens is 1. The first kappa shape index (κ1) is 16.1. The number of hydrogen-bond donors (Lipinski definition) is 1. The molecular formula is C17H16ClN5O. The number of aryl methyl sites for hydroxylation is 2. The third-order valence-electron chi connectivity index (χ3n) is 3.50. The van der Waals surface area contributed by atoms with E-state index in [1.807, 2.05) is 44.2 Å². The van der Waals surface area contributed by atoms with Crippen molar-refractivity contribution in [1.29, 1.82) is 0 Å². The maximum atomic E-state index is 12.3. The highest BCUT2D eigenvalue weighted by atomic mass is 35.5. The number of carbonyl (C=O) groups excluding carboxylic acids is 1. The molecule has 0 bridgehead atoms. The maximum absolute atomic E-state index is 12.3. The van der Waals surface area contributed by atoms with E-state index in [1.54, 1.807) is 12.3 Å². The third-order valence-corrected chi connectivity index (χ3v) is 3.87. The predicted octanol–water partition coefficient (Wildman–Crippen LogP) is 3.24. The zero-order valence-corrected chi connectivity index (χ0v) is 14.1. The van der Waals surface area contributed by atoms with Crippen LogP contribution in [0.2, 0.25) is 5.15 Å². The number of amides is 1. The van der Waals surface area contributed by atoms with Crippen LogP contribution in [-0.2, 0) is 6.54 Å². The highest BCUT2D eigenvalue weighted by molar-refractivity contribution is 6.33. The van der Waals surface area contributed by atoms with E-state index in [2.05, 4.69) is 20.6 Å². The van der Waals surface area contributed by atoms with E-state index in [4.69, 9.17) is 11.6 Å². The van der Waals surface area contributed by atoms with Crippen LogP contribution >= 0.6 is 11.6 Å². The SMILES string of the molecule is Cc1ccc(Cn2nnc(C(=O)Nc3cc(C)ccn3)c2Cl)cc1. The fourth-order valence-corrected chi connectivity index (χ4v) is 2.41. The summed E-state index contributed by atoms with van der Waals surface area (Å²) < 4.78 is 1.49. The minimum Gasteiger partial charge on any atom is -0.305 e. The first-order valence-corrected chi connectivity index (χ1v) is 7.79. The van der Waals surface area contributed by atoms with Gasteiger partial charge in [-0.25, -0.2) is 9.67 Å². The first-order chi connectivity index (χ1) is 11.5. The molecule has 0 saturated heterocycles. The molecule has 0 aliphatic rings. The number of carbonyl (C=O) groups is 1. The monoisotopic (exact) mass is 341 g/mol. The van der Waals surface area contributed by atoms with E-state index in [9.17, 15) is 4.79 Å². The van der Waals surface area contributed by atoms with Gasteiger partial charge in [-0.1, -0.05) is 46.6 Å². The zero-order chi connectivity index (χ0) is 17.1. The molecule has 7 heteroatoms. The summed E-state index contributed by atoms with van der Waals surface area (Å²) in [6.45, 7) is 4.39. The van der Waals surface area contributed by atoms with Crippen molar-refractivity contribution in [3.63, 3.8) is 0 Å². The van der Waals surface area contributed by atoms with Gasteiger partial charge in [0, 0.05) is 6.20 Å². The minimum absolute atomic E-state index is 0.0760. The van der Waals surface area contributed by atoms with Crippen LogP contribution in [0.4, 0.5) is 5.82 Å². The van der Waals surface area contributed by atoms with Crippen molar-refractivity contribution in [3.8, 4) is 0 Å². The predicted molar refractivity (Wildman–Crippen MR) is 92.2 cm³/mol. The van der Waals surface area contributed by atoms with E-state index in [1.165, 1.54) is 10.2 Å². The molecule has 0 aliphatic heterocycles. The quantitative estimate of drug-likeness (QED) is 0.790. The topological polar surface area (TPSA) is 72.7 Å². The fraction of sp³-hybridized carbons (Fsp3) is 0.176. The average molecular weight is 342 g/mol. The molecule has 1 N–H and O–H groups in total. The average Bonchev–Trinajstić information content (AvgIpc) is 2.91. The number of anilines is 1. The molecule has 0 aliphatic carbocycles. The number of pyridine rings is 1. The largest absolute Gasteiger partial charge is 0.305 e. The second kappa shape index (κ2) is 6.80. The number of hydrogen-bond acceptors (Lipinski definition) is 4. The Morgan fingerprint density at radius 2 is 1.92 bits per heavy atom. The summed E-state index contributed by atoms with van der Waals surface area (Å²) in [5.41, 5.74) is 3.27. The molecule has 1 aromatic carbocycles. The normalized spacial score (nSPS) is 10.6. The van der Waals surface area contributed by atoms with E-state index in [0.717, 1.165) is 11.1 Å². The molecule has 6 nitrogen and oxygen atoms in total. The van der Waals surface area contributed by atoms with E-state index in [-0.39, 0.29) is 10.8 Å². The van der Waals surface area contributed by atoms with E-state index < -0.39 is 5.91 Å². The number of nitrogens with one attached hydrogen (secondary N) is 1. The molecule has 0 spiro atoms. The maximum Gasteiger partial charge on any atom is 0.280 e. The van der Waals surface area contributed by atoms with Gasteiger partial charge in [-0.05, 0) is 37.1 Å². The lowest BCUT2D eigenvalue weighted by Gasteiger charge is -2.04. The number of nitrogens with zero attached hydrogens (tertiary/aromatic N) is 4. The van der Waals surface area contributed by atoms with Gasteiger partial charge in [-0.2, -0.15) is 0 Å². The van der Waals surface area contributed by atoms with Gasteiger partial charge in [-0.15, -0.1) is 5.10 Å². The third kappa shape index (κ3) is 3.60. The Kier molecular flexibility index (Phi) is 4.57. The Balaban J connectivity index is 1.76. The van der Waals surface area contributed by atoms with E-state index in [0.29, 0.717) is 12.4 Å². The molecule has 2 heterocycles. The Morgan fingerprint density at radius 1 is 1.17 bits per heavy atom. The van der Waals surface area contributed by atoms with Crippen LogP contribution in [0.1, 0.15) is 27.2 Å². The highest BCUT2D eigenvalue weighted by Crippen LogP contribution is 2.17. The van der Waals surface area contributed by atoms with Crippen molar-refractivity contribution in [2.24, 2.45) is 0 Å². The van der Waals surface area contributed by atoms with E-state index >= 15 is 0 Å². The fourth-order valence-electron chi connectivity index (χ4n) is 2.19. The van der Waals surface area contributed by atoms with Crippen molar-refractivity contribution in [3.05, 3.63) is 70.1 Å². The molecule has 1 amide bonds. The number of aromatic nitrogens is 4. The lowest BCUT2D eigenvalue weighted by atomic mass is 10.1. The van der Waals surface area contributed by atoms with Gasteiger partial charge in [0.25, 0.3) is 5.91 Å². The van der Waals surface area contributed by atoms with Gasteiger partial charge in [0.1, 0.15) is 5.82 Å². The van der Waals surface area contributed by atoms with Crippen LogP contribution in [-0.4, -0.2) is 25.9 Å². The minimum atomic E-state index is -0.437. The van der Waals surface area contributed by atoms with Crippen LogP contribution in [0.5, 0.6) is 0 Å². The number of rotatable bonds is 4. The summed E-state index contributed by atoms with van der Waals surface area (Å²) in [5, 5.41) is 10.7. The van der Waals surface area contributed by atoms with Gasteiger partial charge in [0.2, 0.25) is 0 Å². The molecule has 24 heavy (non-hydrogen) atoms. The molecule has 0 atom stereocenters. The zero-order valence-electron chi connectivity index (χ0n) is 13.3. The standard InChI is InChI=1S/C17H16ClN5O/c1-11-3-5-13(6-4-11)10-23-16(18)15(21-22-23)17(24)20-14-9-12(2)7-8-19-14/h3-9H,10H2,1-2H3,(H,19,20,24). The van der Waals surface area contributed by atoms with Gasteiger partial charge in [-0.3, -0.25) is 4.79 Å². The molecule has 0 saturated carbocycles. The van der Waals surface area contributed by atoms with Crippen LogP contribution in [0.15, 0.2) is 42.6 Å². The lowest BCUT2D eigenvalue weighted by molar-refractivity contribution is 0.102. The van der Waals surface area contributed by atoms with Crippen LogP contribution in [0.25, 0.3) is 0 Å². The molecular weight excluding hydrogens is 326 g/mol. The molecule has 0 radical (unpaired) electrons. The van der Waals surface area contributed by atoms with Gasteiger partial charge in [0.05, 0.1) is 6.54 Å². The first-order valence-electron chi connectivity index (χ1n) is 7.41. The van der Waals surface area contributed by atoms with Crippen molar-refractivity contribution in [2.75, 3.05) is 5.32 Å². The number of benzene rings is 1. The van der Waals surface area contributed by atoms with Gasteiger partial charge >= 0.3 is 0 Å². The second-order valence-electron chi connectivity index (χ2n) is 5.54. The van der Waals surface area contributed by atoms with Crippen molar-refractivity contribution in [1.82, 2.24) is 20.0 Å². The van der Waals surface area contributed by atoms with Crippen molar-refractivity contribution < 1.29 is 4.79 Å².